The lowest BCUT2D eigenvalue weighted by Gasteiger charge is -2.34. The predicted octanol–water partition coefficient (Wildman–Crippen LogP) is 3.69. The molecule has 0 aromatic heterocycles. The minimum atomic E-state index is -1.82. The largest absolute Gasteiger partial charge is 0.496 e. The normalized spacial score (nSPS) is 14.5. The first-order valence-corrected chi connectivity index (χ1v) is 10.8. The monoisotopic (exact) mass is 542 g/mol. The van der Waals surface area contributed by atoms with Gasteiger partial charge in [0.1, 0.15) is 5.75 Å². The average molecular weight is 544 g/mol. The lowest BCUT2D eigenvalue weighted by atomic mass is 10.1. The summed E-state index contributed by atoms with van der Waals surface area (Å²) in [6.07, 6.45) is 0. The molecule has 2 N–H and O–H groups in total. The number of methoxy groups -OCH3 is 1. The topological polar surface area (TPSA) is 90.3 Å². The van der Waals surface area contributed by atoms with E-state index < -0.39 is 11.9 Å². The predicted molar refractivity (Wildman–Crippen MR) is 121 cm³/mol. The van der Waals surface area contributed by atoms with Crippen LogP contribution >= 0.6 is 31.9 Å². The van der Waals surface area contributed by atoms with Crippen LogP contribution in [0.5, 0.6) is 5.75 Å². The summed E-state index contributed by atoms with van der Waals surface area (Å²) in [5.41, 5.74) is 2.70. The number of hydrogen-bond acceptors (Lipinski definition) is 5. The molecule has 1 fully saturated rings. The Morgan fingerprint density at radius 2 is 1.33 bits per heavy atom. The SMILES string of the molecule is COc1ccc(CN2CCN(Cc3ccc(Br)cc3)CC2)cc1Br.O=C(O)C(=O)O. The summed E-state index contributed by atoms with van der Waals surface area (Å²) in [6.45, 7) is 6.49. The van der Waals surface area contributed by atoms with Crippen LogP contribution < -0.4 is 4.74 Å². The van der Waals surface area contributed by atoms with Gasteiger partial charge in [0.15, 0.2) is 0 Å². The number of ether oxygens (including phenoxy) is 1. The van der Waals surface area contributed by atoms with Gasteiger partial charge in [0.2, 0.25) is 0 Å². The number of rotatable bonds is 5. The minimum absolute atomic E-state index is 0.887. The lowest BCUT2D eigenvalue weighted by Crippen LogP contribution is -2.45. The third-order valence-corrected chi connectivity index (χ3v) is 5.74. The molecule has 9 heteroatoms. The molecule has 0 atom stereocenters. The molecule has 0 unspecified atom stereocenters. The number of carboxylic acids is 2. The fourth-order valence-corrected chi connectivity index (χ4v) is 3.87. The third kappa shape index (κ3) is 8.06. The molecular weight excluding hydrogens is 520 g/mol. The van der Waals surface area contributed by atoms with Crippen molar-refractivity contribution in [3.63, 3.8) is 0 Å². The Kier molecular flexibility index (Phi) is 9.77. The van der Waals surface area contributed by atoms with Crippen molar-refractivity contribution >= 4 is 43.8 Å². The first-order chi connectivity index (χ1) is 14.3. The van der Waals surface area contributed by atoms with Gasteiger partial charge in [0.05, 0.1) is 11.6 Å². The fraction of sp³-hybridized carbons (Fsp3) is 0.333. The van der Waals surface area contributed by atoms with Crippen molar-refractivity contribution in [2.75, 3.05) is 33.3 Å². The highest BCUT2D eigenvalue weighted by molar-refractivity contribution is 9.10. The Bertz CT molecular complexity index is 841. The maximum atomic E-state index is 9.10. The van der Waals surface area contributed by atoms with E-state index in [2.05, 4.69) is 78.1 Å². The van der Waals surface area contributed by atoms with Crippen LogP contribution in [-0.2, 0) is 22.7 Å². The van der Waals surface area contributed by atoms with E-state index in [4.69, 9.17) is 24.5 Å². The second kappa shape index (κ2) is 12.0. The zero-order valence-electron chi connectivity index (χ0n) is 16.6. The molecule has 7 nitrogen and oxygen atoms in total. The first kappa shape index (κ1) is 24.3. The van der Waals surface area contributed by atoms with E-state index in [0.717, 1.165) is 54.0 Å². The molecule has 0 aliphatic carbocycles. The molecule has 0 spiro atoms. The summed E-state index contributed by atoms with van der Waals surface area (Å²) in [6, 6.07) is 15.0. The standard InChI is InChI=1S/C19H22Br2N2O.C2H2O4/c1-24-19-7-4-16(12-18(19)21)14-23-10-8-22(9-11-23)13-15-2-5-17(20)6-3-15;3-1(4)2(5)6/h2-7,12H,8-11,13-14H2,1H3;(H,3,4)(H,5,6). The Morgan fingerprint density at radius 3 is 1.77 bits per heavy atom. The molecule has 0 bridgehead atoms. The van der Waals surface area contributed by atoms with Gasteiger partial charge in [-0.05, 0) is 51.3 Å². The number of carbonyl (C=O) groups is 2. The van der Waals surface area contributed by atoms with Gasteiger partial charge in [-0.25, -0.2) is 9.59 Å². The van der Waals surface area contributed by atoms with Gasteiger partial charge in [-0.3, -0.25) is 9.80 Å². The van der Waals surface area contributed by atoms with Crippen LogP contribution in [0, 0.1) is 0 Å². The molecule has 30 heavy (non-hydrogen) atoms. The number of aliphatic carboxylic acids is 2. The van der Waals surface area contributed by atoms with E-state index in [1.54, 1.807) is 7.11 Å². The number of hydrogen-bond donors (Lipinski definition) is 2. The van der Waals surface area contributed by atoms with Crippen molar-refractivity contribution in [1.82, 2.24) is 9.80 Å². The Hall–Kier alpha value is -1.94. The molecule has 2 aromatic rings. The number of benzene rings is 2. The molecule has 3 rings (SSSR count). The summed E-state index contributed by atoms with van der Waals surface area (Å²) in [5.74, 6) is -2.76. The van der Waals surface area contributed by atoms with Crippen molar-refractivity contribution in [3.8, 4) is 5.75 Å². The third-order valence-electron chi connectivity index (χ3n) is 4.59. The zero-order chi connectivity index (χ0) is 22.1. The van der Waals surface area contributed by atoms with E-state index in [1.165, 1.54) is 11.1 Å². The summed E-state index contributed by atoms with van der Waals surface area (Å²) < 4.78 is 7.46. The Morgan fingerprint density at radius 1 is 0.867 bits per heavy atom. The summed E-state index contributed by atoms with van der Waals surface area (Å²) in [5, 5.41) is 14.8. The zero-order valence-corrected chi connectivity index (χ0v) is 19.7. The maximum absolute atomic E-state index is 9.10. The fourth-order valence-electron chi connectivity index (χ4n) is 3.02. The number of piperazine rings is 1. The van der Waals surface area contributed by atoms with Gasteiger partial charge < -0.3 is 14.9 Å². The molecule has 1 saturated heterocycles. The van der Waals surface area contributed by atoms with Crippen LogP contribution in [0.3, 0.4) is 0 Å². The van der Waals surface area contributed by atoms with Gasteiger partial charge >= 0.3 is 11.9 Å². The van der Waals surface area contributed by atoms with E-state index in [0.29, 0.717) is 0 Å². The van der Waals surface area contributed by atoms with Crippen molar-refractivity contribution in [1.29, 1.82) is 0 Å². The van der Waals surface area contributed by atoms with Gasteiger partial charge in [-0.1, -0.05) is 34.1 Å². The van der Waals surface area contributed by atoms with Gasteiger partial charge in [-0.15, -0.1) is 0 Å². The highest BCUT2D eigenvalue weighted by Gasteiger charge is 2.17. The number of halogens is 2. The van der Waals surface area contributed by atoms with Crippen LogP contribution in [-0.4, -0.2) is 65.2 Å². The van der Waals surface area contributed by atoms with Gasteiger partial charge in [-0.2, -0.15) is 0 Å². The lowest BCUT2D eigenvalue weighted by molar-refractivity contribution is -0.159. The Balaban J connectivity index is 0.000000469. The summed E-state index contributed by atoms with van der Waals surface area (Å²) >= 11 is 7.06. The van der Waals surface area contributed by atoms with Crippen LogP contribution in [0.15, 0.2) is 51.4 Å². The second-order valence-electron chi connectivity index (χ2n) is 6.76. The number of nitrogens with zero attached hydrogens (tertiary/aromatic N) is 2. The van der Waals surface area contributed by atoms with Crippen LogP contribution in [0.25, 0.3) is 0 Å². The highest BCUT2D eigenvalue weighted by Crippen LogP contribution is 2.26. The van der Waals surface area contributed by atoms with Gasteiger partial charge in [0.25, 0.3) is 0 Å². The summed E-state index contributed by atoms with van der Waals surface area (Å²) in [7, 11) is 1.70. The molecule has 1 aliphatic rings. The van der Waals surface area contributed by atoms with Crippen LogP contribution in [0.4, 0.5) is 0 Å². The van der Waals surface area contributed by atoms with Crippen molar-refractivity contribution in [2.24, 2.45) is 0 Å². The Labute approximate surface area is 192 Å². The van der Waals surface area contributed by atoms with Crippen LogP contribution in [0.2, 0.25) is 0 Å². The van der Waals surface area contributed by atoms with Gasteiger partial charge in [0, 0.05) is 43.7 Å². The maximum Gasteiger partial charge on any atom is 0.414 e. The molecule has 1 aliphatic heterocycles. The molecule has 0 saturated carbocycles. The van der Waals surface area contributed by atoms with E-state index in [-0.39, 0.29) is 0 Å². The molecule has 1 heterocycles. The first-order valence-electron chi connectivity index (χ1n) is 9.26. The van der Waals surface area contributed by atoms with E-state index >= 15 is 0 Å². The van der Waals surface area contributed by atoms with E-state index in [1.807, 2.05) is 6.07 Å². The highest BCUT2D eigenvalue weighted by atomic mass is 79.9. The minimum Gasteiger partial charge on any atom is -0.496 e. The molecule has 0 amide bonds. The van der Waals surface area contributed by atoms with Crippen molar-refractivity contribution in [3.05, 3.63) is 62.5 Å². The average Bonchev–Trinajstić information content (AvgIpc) is 2.72. The number of carboxylic acid groups (broad SMARTS) is 2. The van der Waals surface area contributed by atoms with Crippen molar-refractivity contribution in [2.45, 2.75) is 13.1 Å². The van der Waals surface area contributed by atoms with E-state index in [9.17, 15) is 0 Å². The molecule has 162 valence electrons. The second-order valence-corrected chi connectivity index (χ2v) is 8.53. The molecule has 2 aromatic carbocycles. The van der Waals surface area contributed by atoms with Crippen LogP contribution in [0.1, 0.15) is 11.1 Å². The smallest absolute Gasteiger partial charge is 0.414 e. The van der Waals surface area contributed by atoms with Crippen molar-refractivity contribution < 1.29 is 24.5 Å². The molecular formula is C21H24Br2N2O5. The quantitative estimate of drug-likeness (QED) is 0.556. The molecule has 0 radical (unpaired) electrons. The summed E-state index contributed by atoms with van der Waals surface area (Å²) in [4.78, 5) is 23.3.